The molecule has 0 fully saturated rings. The third-order valence-electron chi connectivity index (χ3n) is 3.31. The zero-order chi connectivity index (χ0) is 16.8. The van der Waals surface area contributed by atoms with Crippen LogP contribution in [-0.2, 0) is 4.79 Å². The largest absolute Gasteiger partial charge is 0.496 e. The highest BCUT2D eigenvalue weighted by atomic mass is 16.5. The summed E-state index contributed by atoms with van der Waals surface area (Å²) < 4.78 is 5.18. The molecule has 120 valence electrons. The van der Waals surface area contributed by atoms with E-state index in [0.29, 0.717) is 22.7 Å². The lowest BCUT2D eigenvalue weighted by molar-refractivity contribution is -0.114. The second-order valence-electron chi connectivity index (χ2n) is 4.94. The topological polar surface area (TPSA) is 93.5 Å². The Labute approximate surface area is 134 Å². The molecule has 0 heterocycles. The minimum atomic E-state index is -0.290. The van der Waals surface area contributed by atoms with Crippen LogP contribution >= 0.6 is 0 Å². The minimum Gasteiger partial charge on any atom is -0.496 e. The van der Waals surface area contributed by atoms with Crippen molar-refractivity contribution in [3.8, 4) is 5.75 Å². The van der Waals surface area contributed by atoms with E-state index >= 15 is 0 Å². The first-order chi connectivity index (χ1) is 11.0. The molecule has 0 saturated heterocycles. The second kappa shape index (κ2) is 7.42. The van der Waals surface area contributed by atoms with Gasteiger partial charge in [0.15, 0.2) is 0 Å². The van der Waals surface area contributed by atoms with Crippen molar-refractivity contribution in [2.24, 2.45) is 5.73 Å². The third kappa shape index (κ3) is 4.08. The van der Waals surface area contributed by atoms with Crippen LogP contribution in [0.3, 0.4) is 0 Å². The first kappa shape index (κ1) is 16.5. The van der Waals surface area contributed by atoms with E-state index in [2.05, 4.69) is 10.6 Å². The molecule has 2 rings (SSSR count). The van der Waals surface area contributed by atoms with Gasteiger partial charge in [-0.05, 0) is 36.8 Å². The fourth-order valence-electron chi connectivity index (χ4n) is 2.07. The SMILES string of the molecule is COc1ccccc1C(=O)Nc1ccc(C)c(NC(=O)CN)c1. The maximum absolute atomic E-state index is 12.4. The number of nitrogens with one attached hydrogen (secondary N) is 2. The fourth-order valence-corrected chi connectivity index (χ4v) is 2.07. The van der Waals surface area contributed by atoms with Crippen molar-refractivity contribution in [2.45, 2.75) is 6.92 Å². The van der Waals surface area contributed by atoms with E-state index in [-0.39, 0.29) is 18.4 Å². The number of hydrogen-bond acceptors (Lipinski definition) is 4. The summed E-state index contributed by atoms with van der Waals surface area (Å²) in [5, 5.41) is 5.49. The first-order valence-electron chi connectivity index (χ1n) is 7.10. The molecular formula is C17H19N3O3. The number of carbonyl (C=O) groups is 2. The molecular weight excluding hydrogens is 294 g/mol. The predicted molar refractivity (Wildman–Crippen MR) is 89.8 cm³/mol. The van der Waals surface area contributed by atoms with E-state index in [1.54, 1.807) is 36.4 Å². The molecule has 2 aromatic carbocycles. The van der Waals surface area contributed by atoms with Crippen LogP contribution in [0.4, 0.5) is 11.4 Å². The Morgan fingerprint density at radius 2 is 1.87 bits per heavy atom. The number of benzene rings is 2. The summed E-state index contributed by atoms with van der Waals surface area (Å²) in [4.78, 5) is 23.8. The van der Waals surface area contributed by atoms with Crippen LogP contribution in [0.5, 0.6) is 5.75 Å². The first-order valence-corrected chi connectivity index (χ1v) is 7.10. The molecule has 23 heavy (non-hydrogen) atoms. The predicted octanol–water partition coefficient (Wildman–Crippen LogP) is 2.15. The van der Waals surface area contributed by atoms with Crippen LogP contribution in [-0.4, -0.2) is 25.5 Å². The normalized spacial score (nSPS) is 10.0. The van der Waals surface area contributed by atoms with E-state index in [1.807, 2.05) is 13.0 Å². The maximum atomic E-state index is 12.4. The van der Waals surface area contributed by atoms with Gasteiger partial charge < -0.3 is 21.1 Å². The summed E-state index contributed by atoms with van der Waals surface area (Å²) >= 11 is 0. The lowest BCUT2D eigenvalue weighted by Gasteiger charge is -2.12. The second-order valence-corrected chi connectivity index (χ2v) is 4.94. The van der Waals surface area contributed by atoms with Gasteiger partial charge in [0.25, 0.3) is 5.91 Å². The quantitative estimate of drug-likeness (QED) is 0.788. The van der Waals surface area contributed by atoms with E-state index in [0.717, 1.165) is 5.56 Å². The van der Waals surface area contributed by atoms with Gasteiger partial charge in [0.2, 0.25) is 5.91 Å². The van der Waals surface area contributed by atoms with Crippen LogP contribution in [0.2, 0.25) is 0 Å². The number of para-hydroxylation sites is 1. The molecule has 0 aliphatic rings. The number of methoxy groups -OCH3 is 1. The average Bonchev–Trinajstić information content (AvgIpc) is 2.57. The van der Waals surface area contributed by atoms with Gasteiger partial charge in [-0.1, -0.05) is 18.2 Å². The highest BCUT2D eigenvalue weighted by Gasteiger charge is 2.12. The van der Waals surface area contributed by atoms with Crippen molar-refractivity contribution in [3.05, 3.63) is 53.6 Å². The average molecular weight is 313 g/mol. The summed E-state index contributed by atoms with van der Waals surface area (Å²) in [5.41, 5.74) is 7.79. The van der Waals surface area contributed by atoms with Gasteiger partial charge in [-0.15, -0.1) is 0 Å². The van der Waals surface area contributed by atoms with Gasteiger partial charge in [0, 0.05) is 11.4 Å². The van der Waals surface area contributed by atoms with Crippen molar-refractivity contribution in [3.63, 3.8) is 0 Å². The Morgan fingerprint density at radius 1 is 1.13 bits per heavy atom. The molecule has 6 heteroatoms. The van der Waals surface area contributed by atoms with Crippen molar-refractivity contribution >= 4 is 23.2 Å². The Hall–Kier alpha value is -2.86. The molecule has 6 nitrogen and oxygen atoms in total. The molecule has 4 N–H and O–H groups in total. The zero-order valence-electron chi connectivity index (χ0n) is 13.1. The van der Waals surface area contributed by atoms with Crippen molar-refractivity contribution < 1.29 is 14.3 Å². The van der Waals surface area contributed by atoms with Crippen LogP contribution < -0.4 is 21.1 Å². The number of nitrogens with two attached hydrogens (primary N) is 1. The molecule has 0 aliphatic carbocycles. The minimum absolute atomic E-state index is 0.1000. The lowest BCUT2D eigenvalue weighted by Crippen LogP contribution is -2.22. The summed E-state index contributed by atoms with van der Waals surface area (Å²) in [6.45, 7) is 1.76. The molecule has 0 unspecified atom stereocenters. The highest BCUT2D eigenvalue weighted by molar-refractivity contribution is 6.06. The van der Waals surface area contributed by atoms with Gasteiger partial charge in [0.1, 0.15) is 5.75 Å². The highest BCUT2D eigenvalue weighted by Crippen LogP contribution is 2.23. The van der Waals surface area contributed by atoms with E-state index in [4.69, 9.17) is 10.5 Å². The Kier molecular flexibility index (Phi) is 5.32. The molecule has 0 aromatic heterocycles. The summed E-state index contributed by atoms with van der Waals surface area (Å²) in [6.07, 6.45) is 0. The third-order valence-corrected chi connectivity index (χ3v) is 3.31. The number of aryl methyl sites for hydroxylation is 1. The van der Waals surface area contributed by atoms with Crippen molar-refractivity contribution in [1.82, 2.24) is 0 Å². The Morgan fingerprint density at radius 3 is 2.57 bits per heavy atom. The van der Waals surface area contributed by atoms with Crippen molar-refractivity contribution in [1.29, 1.82) is 0 Å². The van der Waals surface area contributed by atoms with Gasteiger partial charge >= 0.3 is 0 Å². The van der Waals surface area contributed by atoms with Gasteiger partial charge in [0.05, 0.1) is 19.2 Å². The molecule has 0 atom stereocenters. The number of carbonyl (C=O) groups excluding carboxylic acids is 2. The molecule has 0 aliphatic heterocycles. The van der Waals surface area contributed by atoms with Crippen LogP contribution in [0, 0.1) is 6.92 Å². The number of anilines is 2. The van der Waals surface area contributed by atoms with Crippen molar-refractivity contribution in [2.75, 3.05) is 24.3 Å². The summed E-state index contributed by atoms with van der Waals surface area (Å²) in [5.74, 6) is -0.0857. The van der Waals surface area contributed by atoms with Crippen LogP contribution in [0.25, 0.3) is 0 Å². The number of rotatable bonds is 5. The molecule has 0 bridgehead atoms. The smallest absolute Gasteiger partial charge is 0.259 e. The molecule has 0 radical (unpaired) electrons. The van der Waals surface area contributed by atoms with Gasteiger partial charge in [-0.2, -0.15) is 0 Å². The van der Waals surface area contributed by atoms with E-state index in [1.165, 1.54) is 7.11 Å². The Balaban J connectivity index is 2.21. The monoisotopic (exact) mass is 313 g/mol. The van der Waals surface area contributed by atoms with Gasteiger partial charge in [-0.25, -0.2) is 0 Å². The maximum Gasteiger partial charge on any atom is 0.259 e. The molecule has 2 amide bonds. The molecule has 0 saturated carbocycles. The Bertz CT molecular complexity index is 729. The molecule has 0 spiro atoms. The standard InChI is InChI=1S/C17H19N3O3/c1-11-7-8-12(9-14(11)20-16(21)10-18)19-17(22)13-5-3-4-6-15(13)23-2/h3-9H,10,18H2,1-2H3,(H,19,22)(H,20,21). The van der Waals surface area contributed by atoms with E-state index in [9.17, 15) is 9.59 Å². The zero-order valence-corrected chi connectivity index (χ0v) is 13.1. The summed E-state index contributed by atoms with van der Waals surface area (Å²) in [6, 6.07) is 12.2. The lowest BCUT2D eigenvalue weighted by atomic mass is 10.1. The number of ether oxygens (including phenoxy) is 1. The van der Waals surface area contributed by atoms with Gasteiger partial charge in [-0.3, -0.25) is 9.59 Å². The number of amides is 2. The van der Waals surface area contributed by atoms with E-state index < -0.39 is 0 Å². The number of hydrogen-bond donors (Lipinski definition) is 3. The summed E-state index contributed by atoms with van der Waals surface area (Å²) in [7, 11) is 1.51. The van der Waals surface area contributed by atoms with Crippen LogP contribution in [0.15, 0.2) is 42.5 Å². The fraction of sp³-hybridized carbons (Fsp3) is 0.176. The van der Waals surface area contributed by atoms with Crippen LogP contribution in [0.1, 0.15) is 15.9 Å². The molecule has 2 aromatic rings.